The van der Waals surface area contributed by atoms with Gasteiger partial charge in [-0.15, -0.1) is 37.2 Å². The zero-order valence-corrected chi connectivity index (χ0v) is 44.7. The summed E-state index contributed by atoms with van der Waals surface area (Å²) in [7, 11) is 0. The lowest BCUT2D eigenvalue weighted by atomic mass is 9.76. The van der Waals surface area contributed by atoms with Crippen LogP contribution < -0.4 is 10.6 Å². The molecule has 2 atom stereocenters. The normalized spacial score (nSPS) is 16.9. The van der Waals surface area contributed by atoms with E-state index >= 15 is 0 Å². The molecule has 76 heavy (non-hydrogen) atoms. The van der Waals surface area contributed by atoms with Crippen LogP contribution in [0.4, 0.5) is 23.7 Å². The molecule has 2 fully saturated rings. The molecule has 2 aliphatic heterocycles. The highest BCUT2D eigenvalue weighted by Gasteiger charge is 2.37. The number of carbonyl (C=O) groups is 1. The number of anilines is 1. The predicted molar refractivity (Wildman–Crippen MR) is 310 cm³/mol. The maximum atomic E-state index is 13.0. The largest absolute Gasteiger partial charge is 0.416 e. The number of fused-ring (bicyclic) bond motifs is 4. The highest BCUT2D eigenvalue weighted by molar-refractivity contribution is 6.31. The first-order valence-corrected chi connectivity index (χ1v) is 24.9. The summed E-state index contributed by atoms with van der Waals surface area (Å²) in [5.74, 6) is 3.03. The molecule has 0 saturated carbocycles. The first-order valence-electron chi connectivity index (χ1n) is 24.2. The number of benzene rings is 3. The SMILES string of the molecule is C.C.Cc1nccn1CC1=Cc2cc(Cl)ccc2C(C2CCN(C(=O)Nc3ccc(C(F)(F)F)cc3)CC2)c2ncccc21.Cc1nccn1CC1=Cc2cc(Cl)ccc2C(C2CCNCC2)c2ncccc21.Cl.Cl.Cl. The first kappa shape index (κ1) is 61.2. The van der Waals surface area contributed by atoms with Crippen LogP contribution in [-0.4, -0.2) is 66.2 Å². The van der Waals surface area contributed by atoms with E-state index in [9.17, 15) is 18.0 Å². The van der Waals surface area contributed by atoms with E-state index in [1.54, 1.807) is 11.1 Å². The van der Waals surface area contributed by atoms with Gasteiger partial charge in [0, 0.05) is 102 Å². The van der Waals surface area contributed by atoms with Crippen LogP contribution >= 0.6 is 60.4 Å². The average molecular weight is 1140 g/mol. The Bertz CT molecular complexity index is 3120. The van der Waals surface area contributed by atoms with Crippen molar-refractivity contribution in [3.05, 3.63) is 194 Å². The highest BCUT2D eigenvalue weighted by atomic mass is 35.5. The molecule has 18 heteroatoms. The van der Waals surface area contributed by atoms with Crippen LogP contribution in [0.3, 0.4) is 0 Å². The standard InChI is InChI=1S/C32H29ClF3N5O.C24H25ClN4.2CH4.3ClH/c1-20-37-13-16-41(20)19-23-17-22-18-25(33)6-9-27(22)29(30-28(23)3-2-12-38-30)21-10-14-40(15-11-21)31(42)39-26-7-4-24(5-8-26)32(34,35)36;1-16-27-11-12-29(16)15-19-13-18-14-20(25)4-5-21(18)23(17-6-9-26-10-7-17)24-22(19)3-2-8-28-24;;;;;/h2-9,12-13,16-18,21,29H,10-11,14-15,19H2,1H3,(H,39,42);2-5,8,11-14,17,23,26H,6-7,9-10,15H2,1H3;2*1H4;3*1H. The Kier molecular flexibility index (Phi) is 21.4. The number of urea groups is 1. The molecule has 2 N–H and O–H groups in total. The van der Waals surface area contributed by atoms with Crippen LogP contribution in [0.5, 0.6) is 0 Å². The zero-order chi connectivity index (χ0) is 49.2. The molecule has 7 aromatic rings. The van der Waals surface area contributed by atoms with Gasteiger partial charge in [0.1, 0.15) is 11.6 Å². The van der Waals surface area contributed by atoms with Crippen LogP contribution in [0.2, 0.25) is 10.0 Å². The number of nitrogens with zero attached hydrogens (tertiary/aromatic N) is 7. The number of aromatic nitrogens is 6. The van der Waals surface area contributed by atoms with E-state index in [-0.39, 0.29) is 69.9 Å². The number of hydrogen-bond donors (Lipinski definition) is 2. The molecule has 0 radical (unpaired) electrons. The number of allylic oxidation sites excluding steroid dienone is 2. The van der Waals surface area contributed by atoms with E-state index in [0.717, 1.165) is 89.2 Å². The highest BCUT2D eigenvalue weighted by Crippen LogP contribution is 2.47. The number of rotatable bonds is 7. The summed E-state index contributed by atoms with van der Waals surface area (Å²) in [5, 5.41) is 7.69. The van der Waals surface area contributed by atoms with Gasteiger partial charge in [-0.05, 0) is 171 Å². The topological polar surface area (TPSA) is 106 Å². The molecule has 0 bridgehead atoms. The van der Waals surface area contributed by atoms with Gasteiger partial charge >= 0.3 is 12.2 Å². The molecule has 2 amide bonds. The molecule has 3 aromatic carbocycles. The number of pyridine rings is 2. The average Bonchev–Trinajstić information content (AvgIpc) is 3.91. The van der Waals surface area contributed by atoms with Gasteiger partial charge in [0.25, 0.3) is 0 Å². The third-order valence-electron chi connectivity index (χ3n) is 14.5. The van der Waals surface area contributed by atoms with E-state index in [1.807, 2.05) is 69.1 Å². The van der Waals surface area contributed by atoms with Crippen molar-refractivity contribution in [2.75, 3.05) is 31.5 Å². The number of carbonyl (C=O) groups excluding carboxylic acids is 1. The summed E-state index contributed by atoms with van der Waals surface area (Å²) < 4.78 is 43.0. The Morgan fingerprint density at radius 1 is 0.645 bits per heavy atom. The Morgan fingerprint density at radius 3 is 1.54 bits per heavy atom. The van der Waals surface area contributed by atoms with Crippen molar-refractivity contribution >= 4 is 95.4 Å². The van der Waals surface area contributed by atoms with Gasteiger partial charge in [0.2, 0.25) is 0 Å². The van der Waals surface area contributed by atoms with Crippen molar-refractivity contribution in [1.29, 1.82) is 0 Å². The number of amides is 2. The summed E-state index contributed by atoms with van der Waals surface area (Å²) >= 11 is 12.9. The number of alkyl halides is 3. The number of nitrogens with one attached hydrogen (secondary N) is 2. The van der Waals surface area contributed by atoms with Gasteiger partial charge in [-0.1, -0.05) is 62.3 Å². The smallest absolute Gasteiger partial charge is 0.331 e. The molecule has 6 heterocycles. The molecule has 2 unspecified atom stereocenters. The summed E-state index contributed by atoms with van der Waals surface area (Å²) in [6, 6.07) is 24.9. The Morgan fingerprint density at radius 2 is 1.11 bits per heavy atom. The van der Waals surface area contributed by atoms with E-state index in [2.05, 4.69) is 78.3 Å². The number of aryl methyl sites for hydroxylation is 2. The van der Waals surface area contributed by atoms with Gasteiger partial charge in [-0.2, -0.15) is 13.2 Å². The quantitative estimate of drug-likeness (QED) is 0.165. The van der Waals surface area contributed by atoms with Crippen LogP contribution in [-0.2, 0) is 19.3 Å². The van der Waals surface area contributed by atoms with E-state index in [4.69, 9.17) is 33.2 Å². The lowest BCUT2D eigenvalue weighted by Crippen LogP contribution is -2.42. The van der Waals surface area contributed by atoms with Crippen molar-refractivity contribution in [2.45, 2.75) is 85.5 Å². The summed E-state index contributed by atoms with van der Waals surface area (Å²) in [6.07, 6.45) is 15.4. The number of piperidine rings is 2. The molecule has 0 spiro atoms. The molecule has 2 saturated heterocycles. The van der Waals surface area contributed by atoms with Crippen LogP contribution in [0.1, 0.15) is 114 Å². The molecule has 10 nitrogen and oxygen atoms in total. The minimum atomic E-state index is -4.42. The third-order valence-corrected chi connectivity index (χ3v) is 15.0. The second-order valence-electron chi connectivity index (χ2n) is 18.8. The van der Waals surface area contributed by atoms with E-state index in [0.29, 0.717) is 42.2 Å². The second kappa shape index (κ2) is 26.6. The minimum Gasteiger partial charge on any atom is -0.331 e. The maximum absolute atomic E-state index is 13.0. The summed E-state index contributed by atoms with van der Waals surface area (Å²) in [5.41, 5.74) is 11.3. The fourth-order valence-electron chi connectivity index (χ4n) is 10.9. The van der Waals surface area contributed by atoms with Gasteiger partial charge in [-0.25, -0.2) is 14.8 Å². The van der Waals surface area contributed by atoms with Gasteiger partial charge < -0.3 is 24.7 Å². The maximum Gasteiger partial charge on any atom is 0.416 e. The molecular weight excluding hydrogens is 1070 g/mol. The third kappa shape index (κ3) is 13.3. The van der Waals surface area contributed by atoms with Gasteiger partial charge in [-0.3, -0.25) is 9.97 Å². The van der Waals surface area contributed by atoms with Crippen LogP contribution in [0.15, 0.2) is 122 Å². The molecule has 404 valence electrons. The monoisotopic (exact) mass is 1140 g/mol. The fraction of sp³-hybridized carbons (Fsp3) is 0.328. The minimum absolute atomic E-state index is 0. The lowest BCUT2D eigenvalue weighted by Gasteiger charge is -2.36. The molecule has 4 aromatic heterocycles. The number of hydrogen-bond acceptors (Lipinski definition) is 6. The molecule has 4 aliphatic rings. The fourth-order valence-corrected chi connectivity index (χ4v) is 11.3. The van der Waals surface area contributed by atoms with Crippen molar-refractivity contribution in [2.24, 2.45) is 11.8 Å². The summed E-state index contributed by atoms with van der Waals surface area (Å²) in [4.78, 5) is 33.4. The summed E-state index contributed by atoms with van der Waals surface area (Å²) in [6.45, 7) is 8.63. The van der Waals surface area contributed by atoms with Crippen molar-refractivity contribution in [3.8, 4) is 0 Å². The van der Waals surface area contributed by atoms with E-state index < -0.39 is 11.7 Å². The number of likely N-dealkylation sites (tertiary alicyclic amines) is 1. The van der Waals surface area contributed by atoms with Crippen molar-refractivity contribution < 1.29 is 18.0 Å². The molecule has 2 aliphatic carbocycles. The van der Waals surface area contributed by atoms with Gasteiger partial charge in [0.15, 0.2) is 0 Å². The molecule has 11 rings (SSSR count). The predicted octanol–water partition coefficient (Wildman–Crippen LogP) is 15.4. The van der Waals surface area contributed by atoms with Crippen LogP contribution in [0.25, 0.3) is 23.3 Å². The van der Waals surface area contributed by atoms with Crippen molar-refractivity contribution in [3.63, 3.8) is 0 Å². The molecular formula is C58H65Cl5F3N9O. The lowest BCUT2D eigenvalue weighted by molar-refractivity contribution is -0.137. The van der Waals surface area contributed by atoms with Crippen molar-refractivity contribution in [1.82, 2.24) is 39.3 Å². The van der Waals surface area contributed by atoms with Crippen LogP contribution in [0, 0.1) is 25.7 Å². The van der Waals surface area contributed by atoms with E-state index in [1.165, 1.54) is 52.9 Å². The first-order chi connectivity index (χ1) is 34.4. The number of halogens is 8. The van der Waals surface area contributed by atoms with Gasteiger partial charge in [0.05, 0.1) is 17.0 Å². The number of imidazole rings is 2. The Hall–Kier alpha value is -5.67. The Labute approximate surface area is 472 Å². The second-order valence-corrected chi connectivity index (χ2v) is 19.7. The zero-order valence-electron chi connectivity index (χ0n) is 40.7. The Balaban J connectivity index is 0.000000278.